The monoisotopic (exact) mass is 241 g/mol. The number of likely N-dealkylation sites (tertiary alicyclic amines) is 1. The molecule has 98 valence electrons. The largest absolute Gasteiger partial charge is 0.346 e. The fraction of sp³-hybridized carbons (Fsp3) is 0.833. The van der Waals surface area contributed by atoms with E-state index in [9.17, 15) is 9.59 Å². The van der Waals surface area contributed by atoms with Crippen molar-refractivity contribution in [2.24, 2.45) is 11.7 Å². The zero-order valence-electron chi connectivity index (χ0n) is 11.0. The Kier molecular flexibility index (Phi) is 4.93. The number of carbonyl (C=O) groups is 2. The van der Waals surface area contributed by atoms with E-state index in [-0.39, 0.29) is 11.8 Å². The van der Waals surface area contributed by atoms with Crippen LogP contribution in [0.2, 0.25) is 0 Å². The van der Waals surface area contributed by atoms with Crippen LogP contribution in [0.1, 0.15) is 26.7 Å². The SMILES string of the molecule is CC(=O)N(C)CC1CCN(C(=O)[C@H](C)N)CC1. The van der Waals surface area contributed by atoms with Gasteiger partial charge in [-0.05, 0) is 25.7 Å². The highest BCUT2D eigenvalue weighted by molar-refractivity contribution is 5.81. The number of nitrogens with zero attached hydrogens (tertiary/aromatic N) is 2. The molecule has 0 aromatic heterocycles. The quantitative estimate of drug-likeness (QED) is 0.759. The molecule has 2 N–H and O–H groups in total. The van der Waals surface area contributed by atoms with Gasteiger partial charge in [0.1, 0.15) is 0 Å². The van der Waals surface area contributed by atoms with Crippen LogP contribution in [0.4, 0.5) is 0 Å². The molecule has 0 unspecified atom stereocenters. The first-order valence-electron chi connectivity index (χ1n) is 6.18. The van der Waals surface area contributed by atoms with Crippen LogP contribution in [0.3, 0.4) is 0 Å². The third-order valence-corrected chi connectivity index (χ3v) is 3.39. The van der Waals surface area contributed by atoms with Gasteiger partial charge in [-0.3, -0.25) is 9.59 Å². The standard InChI is InChI=1S/C12H23N3O2/c1-9(13)12(17)15-6-4-11(5-7-15)8-14(3)10(2)16/h9,11H,4-8,13H2,1-3H3/t9-/m0/s1. The van der Waals surface area contributed by atoms with Crippen LogP contribution in [0.25, 0.3) is 0 Å². The molecule has 0 saturated carbocycles. The van der Waals surface area contributed by atoms with Gasteiger partial charge in [0.15, 0.2) is 0 Å². The van der Waals surface area contributed by atoms with Gasteiger partial charge in [-0.2, -0.15) is 0 Å². The molecule has 5 heteroatoms. The highest BCUT2D eigenvalue weighted by atomic mass is 16.2. The summed E-state index contributed by atoms with van der Waals surface area (Å²) in [6.07, 6.45) is 1.91. The molecule has 5 nitrogen and oxygen atoms in total. The molecular weight excluding hydrogens is 218 g/mol. The molecule has 0 aromatic rings. The van der Waals surface area contributed by atoms with Crippen LogP contribution in [0, 0.1) is 5.92 Å². The highest BCUT2D eigenvalue weighted by Crippen LogP contribution is 2.18. The second-order valence-electron chi connectivity index (χ2n) is 4.96. The molecular formula is C12H23N3O2. The maximum atomic E-state index is 11.7. The lowest BCUT2D eigenvalue weighted by molar-refractivity contribution is -0.134. The minimum absolute atomic E-state index is 0.0309. The Labute approximate surface area is 103 Å². The molecule has 1 rings (SSSR count). The van der Waals surface area contributed by atoms with Crippen LogP contribution < -0.4 is 5.73 Å². The summed E-state index contributed by atoms with van der Waals surface area (Å²) in [6.45, 7) is 5.61. The molecule has 0 spiro atoms. The molecule has 1 atom stereocenters. The van der Waals surface area contributed by atoms with Gasteiger partial charge in [-0.25, -0.2) is 0 Å². The summed E-state index contributed by atoms with van der Waals surface area (Å²) in [5.41, 5.74) is 5.58. The number of amides is 2. The van der Waals surface area contributed by atoms with E-state index >= 15 is 0 Å². The molecule has 17 heavy (non-hydrogen) atoms. The van der Waals surface area contributed by atoms with Crippen molar-refractivity contribution in [2.45, 2.75) is 32.7 Å². The van der Waals surface area contributed by atoms with Crippen molar-refractivity contribution in [1.82, 2.24) is 9.80 Å². The fourth-order valence-electron chi connectivity index (χ4n) is 2.14. The van der Waals surface area contributed by atoms with E-state index in [0.29, 0.717) is 5.92 Å². The van der Waals surface area contributed by atoms with E-state index in [1.54, 1.807) is 18.7 Å². The minimum atomic E-state index is -0.411. The second-order valence-corrected chi connectivity index (χ2v) is 4.96. The summed E-state index contributed by atoms with van der Waals surface area (Å²) >= 11 is 0. The summed E-state index contributed by atoms with van der Waals surface area (Å²) in [5, 5.41) is 0. The molecule has 1 saturated heterocycles. The Balaban J connectivity index is 2.36. The van der Waals surface area contributed by atoms with E-state index in [1.807, 2.05) is 11.9 Å². The van der Waals surface area contributed by atoms with Crippen LogP contribution in [0.15, 0.2) is 0 Å². The van der Waals surface area contributed by atoms with E-state index in [2.05, 4.69) is 0 Å². The summed E-state index contributed by atoms with van der Waals surface area (Å²) < 4.78 is 0. The van der Waals surface area contributed by atoms with Crippen molar-refractivity contribution < 1.29 is 9.59 Å². The van der Waals surface area contributed by atoms with Crippen LogP contribution >= 0.6 is 0 Å². The van der Waals surface area contributed by atoms with Crippen molar-refractivity contribution in [3.05, 3.63) is 0 Å². The normalized spacial score (nSPS) is 18.9. The van der Waals surface area contributed by atoms with Gasteiger partial charge in [0, 0.05) is 33.6 Å². The Morgan fingerprint density at radius 1 is 1.41 bits per heavy atom. The topological polar surface area (TPSA) is 66.6 Å². The smallest absolute Gasteiger partial charge is 0.239 e. The summed E-state index contributed by atoms with van der Waals surface area (Å²) in [7, 11) is 1.82. The predicted molar refractivity (Wildman–Crippen MR) is 66.3 cm³/mol. The Hall–Kier alpha value is -1.10. The molecule has 0 aliphatic carbocycles. The van der Waals surface area contributed by atoms with Crippen molar-refractivity contribution in [3.63, 3.8) is 0 Å². The summed E-state index contributed by atoms with van der Waals surface area (Å²) in [5.74, 6) is 0.628. The molecule has 0 radical (unpaired) electrons. The maximum Gasteiger partial charge on any atom is 0.239 e. The van der Waals surface area contributed by atoms with Crippen LogP contribution in [-0.2, 0) is 9.59 Å². The zero-order chi connectivity index (χ0) is 13.0. The van der Waals surface area contributed by atoms with Gasteiger partial charge in [0.25, 0.3) is 0 Å². The molecule has 1 aliphatic heterocycles. The molecule has 1 heterocycles. The van der Waals surface area contributed by atoms with E-state index in [0.717, 1.165) is 32.5 Å². The number of hydrogen-bond acceptors (Lipinski definition) is 3. The Bertz CT molecular complexity index is 283. The first-order chi connectivity index (χ1) is 7.91. The molecule has 1 fully saturated rings. The van der Waals surface area contributed by atoms with Crippen molar-refractivity contribution >= 4 is 11.8 Å². The molecule has 0 aromatic carbocycles. The van der Waals surface area contributed by atoms with E-state index in [4.69, 9.17) is 5.73 Å². The van der Waals surface area contributed by atoms with Crippen molar-refractivity contribution in [2.75, 3.05) is 26.7 Å². The van der Waals surface area contributed by atoms with Crippen molar-refractivity contribution in [3.8, 4) is 0 Å². The third kappa shape index (κ3) is 4.00. The number of nitrogens with two attached hydrogens (primary N) is 1. The second kappa shape index (κ2) is 6.00. The Morgan fingerprint density at radius 3 is 2.35 bits per heavy atom. The molecule has 0 bridgehead atoms. The average Bonchev–Trinajstić information content (AvgIpc) is 2.28. The molecule has 2 amide bonds. The zero-order valence-corrected chi connectivity index (χ0v) is 11.0. The van der Waals surface area contributed by atoms with E-state index < -0.39 is 6.04 Å². The lowest BCUT2D eigenvalue weighted by Gasteiger charge is -2.34. The van der Waals surface area contributed by atoms with Gasteiger partial charge in [0.2, 0.25) is 11.8 Å². The lowest BCUT2D eigenvalue weighted by atomic mass is 9.96. The lowest BCUT2D eigenvalue weighted by Crippen LogP contribution is -2.47. The van der Waals surface area contributed by atoms with Gasteiger partial charge in [-0.1, -0.05) is 0 Å². The first-order valence-corrected chi connectivity index (χ1v) is 6.18. The highest BCUT2D eigenvalue weighted by Gasteiger charge is 2.25. The van der Waals surface area contributed by atoms with Gasteiger partial charge >= 0.3 is 0 Å². The van der Waals surface area contributed by atoms with Crippen molar-refractivity contribution in [1.29, 1.82) is 0 Å². The summed E-state index contributed by atoms with van der Waals surface area (Å²) in [6, 6.07) is -0.411. The summed E-state index contributed by atoms with van der Waals surface area (Å²) in [4.78, 5) is 26.4. The predicted octanol–water partition coefficient (Wildman–Crippen LogP) is 0.0505. The van der Waals surface area contributed by atoms with Gasteiger partial charge < -0.3 is 15.5 Å². The number of hydrogen-bond donors (Lipinski definition) is 1. The van der Waals surface area contributed by atoms with Gasteiger partial charge in [0.05, 0.1) is 6.04 Å². The average molecular weight is 241 g/mol. The third-order valence-electron chi connectivity index (χ3n) is 3.39. The van der Waals surface area contributed by atoms with E-state index in [1.165, 1.54) is 0 Å². The number of rotatable bonds is 3. The number of piperidine rings is 1. The first kappa shape index (κ1) is 14.0. The fourth-order valence-corrected chi connectivity index (χ4v) is 2.14. The molecule has 1 aliphatic rings. The van der Waals surface area contributed by atoms with Crippen LogP contribution in [0.5, 0.6) is 0 Å². The Morgan fingerprint density at radius 2 is 1.94 bits per heavy atom. The van der Waals surface area contributed by atoms with Gasteiger partial charge in [-0.15, -0.1) is 0 Å². The van der Waals surface area contributed by atoms with Crippen LogP contribution in [-0.4, -0.2) is 54.3 Å². The number of carbonyl (C=O) groups excluding carboxylic acids is 2. The maximum absolute atomic E-state index is 11.7. The minimum Gasteiger partial charge on any atom is -0.346 e.